The van der Waals surface area contributed by atoms with Crippen molar-refractivity contribution in [3.8, 4) is 0 Å². The van der Waals surface area contributed by atoms with Gasteiger partial charge < -0.3 is 20.1 Å². The van der Waals surface area contributed by atoms with Gasteiger partial charge in [0.05, 0.1) is 11.1 Å². The van der Waals surface area contributed by atoms with E-state index in [0.29, 0.717) is 0 Å². The summed E-state index contributed by atoms with van der Waals surface area (Å²) in [5.41, 5.74) is -2.59. The van der Waals surface area contributed by atoms with Gasteiger partial charge in [-0.1, -0.05) is 18.7 Å². The number of ether oxygens (including phenoxy) is 1. The average molecular weight is 346 g/mol. The summed E-state index contributed by atoms with van der Waals surface area (Å²) in [6, 6.07) is 2.39. The molecular weight excluding hydrogens is 332 g/mol. The lowest BCUT2D eigenvalue weighted by atomic mass is 9.82. The highest BCUT2D eigenvalue weighted by molar-refractivity contribution is 6.05. The minimum Gasteiger partial charge on any atom is -0.478 e. The number of fused-ring (bicyclic) bond motifs is 1. The minimum absolute atomic E-state index is 0.00673. The highest BCUT2D eigenvalue weighted by atomic mass is 16.6. The van der Waals surface area contributed by atoms with Crippen molar-refractivity contribution in [1.82, 2.24) is 0 Å². The summed E-state index contributed by atoms with van der Waals surface area (Å²) in [7, 11) is 0. The van der Waals surface area contributed by atoms with Crippen LogP contribution in [0.5, 0.6) is 0 Å². The second-order valence-electron chi connectivity index (χ2n) is 5.55. The zero-order valence-corrected chi connectivity index (χ0v) is 13.1. The van der Waals surface area contributed by atoms with Crippen molar-refractivity contribution in [3.63, 3.8) is 0 Å². The van der Waals surface area contributed by atoms with Gasteiger partial charge in [-0.15, -0.1) is 0 Å². The Bertz CT molecular complexity index is 848. The molecule has 0 saturated heterocycles. The third-order valence-corrected chi connectivity index (χ3v) is 3.74. The Kier molecular flexibility index (Phi) is 4.47. The fraction of sp³-hybridized carbons (Fsp3) is 0.176. The van der Waals surface area contributed by atoms with Crippen LogP contribution in [0.3, 0.4) is 0 Å². The van der Waals surface area contributed by atoms with E-state index in [0.717, 1.165) is 18.2 Å². The maximum absolute atomic E-state index is 11.8. The molecule has 0 fully saturated rings. The number of carboxylic acid groups (broad SMARTS) is 3. The van der Waals surface area contributed by atoms with Gasteiger partial charge in [0.2, 0.25) is 5.60 Å². The molecule has 8 heteroatoms. The normalized spacial score (nSPS) is 18.1. The quantitative estimate of drug-likeness (QED) is 0.540. The molecule has 130 valence electrons. The monoisotopic (exact) mass is 346 g/mol. The molecule has 0 saturated carbocycles. The zero-order chi connectivity index (χ0) is 18.9. The Morgan fingerprint density at radius 2 is 1.76 bits per heavy atom. The Balaban J connectivity index is 2.59. The molecule has 1 aliphatic carbocycles. The molecule has 25 heavy (non-hydrogen) atoms. The summed E-state index contributed by atoms with van der Waals surface area (Å²) in [6.45, 7) is 4.75. The van der Waals surface area contributed by atoms with E-state index in [2.05, 4.69) is 6.58 Å². The van der Waals surface area contributed by atoms with Gasteiger partial charge in [-0.05, 0) is 30.2 Å². The number of carboxylic acids is 3. The zero-order valence-electron chi connectivity index (χ0n) is 13.1. The van der Waals surface area contributed by atoms with Gasteiger partial charge in [0.1, 0.15) is 0 Å². The van der Waals surface area contributed by atoms with Crippen molar-refractivity contribution in [1.29, 1.82) is 0 Å². The highest BCUT2D eigenvalue weighted by Gasteiger charge is 2.43. The number of hydrogen-bond acceptors (Lipinski definition) is 5. The van der Waals surface area contributed by atoms with Crippen molar-refractivity contribution in [3.05, 3.63) is 52.6 Å². The number of aromatic carboxylic acids is 2. The van der Waals surface area contributed by atoms with Crippen molar-refractivity contribution < 1.29 is 39.2 Å². The first kappa shape index (κ1) is 17.9. The van der Waals surface area contributed by atoms with Gasteiger partial charge in [0.25, 0.3) is 0 Å². The van der Waals surface area contributed by atoms with Crippen LogP contribution in [0.25, 0.3) is 6.08 Å². The van der Waals surface area contributed by atoms with E-state index in [1.54, 1.807) is 0 Å². The molecule has 0 amide bonds. The maximum Gasteiger partial charge on any atom is 0.352 e. The van der Waals surface area contributed by atoms with Crippen LogP contribution in [0.4, 0.5) is 0 Å². The van der Waals surface area contributed by atoms with E-state index in [-0.39, 0.29) is 23.1 Å². The van der Waals surface area contributed by atoms with Gasteiger partial charge >= 0.3 is 23.9 Å². The van der Waals surface area contributed by atoms with Crippen LogP contribution in [-0.4, -0.2) is 44.8 Å². The van der Waals surface area contributed by atoms with Crippen LogP contribution in [-0.2, 0) is 20.7 Å². The molecular formula is C17H14O8. The van der Waals surface area contributed by atoms with Crippen LogP contribution in [0.2, 0.25) is 0 Å². The Morgan fingerprint density at radius 3 is 2.24 bits per heavy atom. The second-order valence-corrected chi connectivity index (χ2v) is 5.55. The predicted octanol–water partition coefficient (Wildman–Crippen LogP) is 1.59. The largest absolute Gasteiger partial charge is 0.478 e. The molecule has 1 aromatic rings. The molecule has 0 bridgehead atoms. The second kappa shape index (κ2) is 6.23. The molecule has 0 radical (unpaired) electrons. The first-order valence-electron chi connectivity index (χ1n) is 7.03. The third-order valence-electron chi connectivity index (χ3n) is 3.74. The third kappa shape index (κ3) is 3.14. The molecule has 0 aliphatic heterocycles. The van der Waals surface area contributed by atoms with Gasteiger partial charge in [-0.25, -0.2) is 19.2 Å². The van der Waals surface area contributed by atoms with E-state index in [1.807, 2.05) is 0 Å². The minimum atomic E-state index is -2.02. The maximum atomic E-state index is 11.8. The summed E-state index contributed by atoms with van der Waals surface area (Å²) in [4.78, 5) is 46.1. The summed E-state index contributed by atoms with van der Waals surface area (Å²) in [5.74, 6) is -5.22. The average Bonchev–Trinajstić information content (AvgIpc) is 2.52. The van der Waals surface area contributed by atoms with E-state index < -0.39 is 40.6 Å². The molecule has 2 rings (SSSR count). The topological polar surface area (TPSA) is 138 Å². The van der Waals surface area contributed by atoms with Crippen LogP contribution in [0, 0.1) is 0 Å². The van der Waals surface area contributed by atoms with Crippen molar-refractivity contribution in [2.75, 3.05) is 0 Å². The number of hydrogen-bond donors (Lipinski definition) is 3. The van der Waals surface area contributed by atoms with Crippen LogP contribution >= 0.6 is 0 Å². The Labute approximate surface area is 141 Å². The smallest absolute Gasteiger partial charge is 0.352 e. The fourth-order valence-electron chi connectivity index (χ4n) is 2.49. The van der Waals surface area contributed by atoms with Crippen molar-refractivity contribution in [2.45, 2.75) is 18.9 Å². The predicted molar refractivity (Wildman–Crippen MR) is 84.4 cm³/mol. The van der Waals surface area contributed by atoms with E-state index >= 15 is 0 Å². The lowest BCUT2D eigenvalue weighted by Gasteiger charge is -2.30. The number of aliphatic carboxylic acids is 1. The summed E-state index contributed by atoms with van der Waals surface area (Å²) in [6.07, 6.45) is 1.85. The van der Waals surface area contributed by atoms with Crippen LogP contribution in [0.15, 0.2) is 30.4 Å². The number of benzene rings is 1. The van der Waals surface area contributed by atoms with Gasteiger partial charge in [0.15, 0.2) is 0 Å². The SMILES string of the molecule is C=C(C)C(=O)OC1(C(=O)O)C=Cc2c(ccc(C(=O)O)c2C(=O)O)C1. The fourth-order valence-corrected chi connectivity index (χ4v) is 2.49. The Hall–Kier alpha value is -3.42. The van der Waals surface area contributed by atoms with Crippen LogP contribution < -0.4 is 0 Å². The van der Waals surface area contributed by atoms with E-state index in [4.69, 9.17) is 9.84 Å². The summed E-state index contributed by atoms with van der Waals surface area (Å²) in [5, 5.41) is 27.9. The number of carbonyl (C=O) groups is 4. The number of esters is 1. The lowest BCUT2D eigenvalue weighted by molar-refractivity contribution is -0.170. The molecule has 1 unspecified atom stereocenters. The molecule has 0 spiro atoms. The van der Waals surface area contributed by atoms with E-state index in [1.165, 1.54) is 13.0 Å². The van der Waals surface area contributed by atoms with Gasteiger partial charge in [0, 0.05) is 12.0 Å². The van der Waals surface area contributed by atoms with Crippen LogP contribution in [0.1, 0.15) is 38.8 Å². The Morgan fingerprint density at radius 1 is 1.12 bits per heavy atom. The molecule has 1 aliphatic rings. The van der Waals surface area contributed by atoms with E-state index in [9.17, 15) is 29.4 Å². The number of rotatable bonds is 5. The summed E-state index contributed by atoms with van der Waals surface area (Å²) >= 11 is 0. The first-order valence-corrected chi connectivity index (χ1v) is 7.03. The van der Waals surface area contributed by atoms with Gasteiger partial charge in [-0.3, -0.25) is 0 Å². The molecule has 8 nitrogen and oxygen atoms in total. The van der Waals surface area contributed by atoms with Gasteiger partial charge in [-0.2, -0.15) is 0 Å². The molecule has 0 aromatic heterocycles. The molecule has 0 heterocycles. The van der Waals surface area contributed by atoms with Crippen molar-refractivity contribution >= 4 is 30.0 Å². The highest BCUT2D eigenvalue weighted by Crippen LogP contribution is 2.33. The van der Waals surface area contributed by atoms with Crippen molar-refractivity contribution in [2.24, 2.45) is 0 Å². The summed E-state index contributed by atoms with van der Waals surface area (Å²) < 4.78 is 5.05. The molecule has 3 N–H and O–H groups in total. The molecule has 1 atom stereocenters. The first-order chi connectivity index (χ1) is 11.6. The standard InChI is InChI=1S/C17H14O8/c1-8(2)15(22)25-17(16(23)24)6-5-10-9(7-17)3-4-11(13(18)19)12(10)14(20)21/h3-6H,1,7H2,2H3,(H,18,19)(H,20,21)(H,23,24). The lowest BCUT2D eigenvalue weighted by Crippen LogP contribution is -2.45. The number of carbonyl (C=O) groups excluding carboxylic acids is 1. The molecule has 1 aromatic carbocycles.